The van der Waals surface area contributed by atoms with Crippen molar-refractivity contribution in [1.29, 1.82) is 0 Å². The first-order chi connectivity index (χ1) is 8.65. The highest BCUT2D eigenvalue weighted by molar-refractivity contribution is 5.42. The molecule has 1 atom stereocenters. The summed E-state index contributed by atoms with van der Waals surface area (Å²) in [5.74, 6) is 2.13. The van der Waals surface area contributed by atoms with Crippen LogP contribution in [0.5, 0.6) is 5.75 Å². The minimum Gasteiger partial charge on any atom is -0.482 e. The molecule has 2 N–H and O–H groups in total. The van der Waals surface area contributed by atoms with Crippen LogP contribution in [-0.4, -0.2) is 9.97 Å². The minimum atomic E-state index is -0.121. The van der Waals surface area contributed by atoms with E-state index < -0.39 is 0 Å². The van der Waals surface area contributed by atoms with Crippen molar-refractivity contribution >= 4 is 5.82 Å². The Bertz CT molecular complexity index is 562. The molecular weight excluding hydrogens is 226 g/mol. The topological polar surface area (TPSA) is 61.0 Å². The molecule has 1 aromatic heterocycles. The molecule has 0 saturated heterocycles. The largest absolute Gasteiger partial charge is 0.482 e. The molecule has 0 amide bonds. The molecule has 0 radical (unpaired) electrons. The third-order valence-electron chi connectivity index (χ3n) is 3.38. The van der Waals surface area contributed by atoms with Crippen molar-refractivity contribution in [3.63, 3.8) is 0 Å². The fourth-order valence-electron chi connectivity index (χ4n) is 2.14. The van der Waals surface area contributed by atoms with Gasteiger partial charge >= 0.3 is 0 Å². The van der Waals surface area contributed by atoms with Crippen molar-refractivity contribution in [2.45, 2.75) is 26.4 Å². The Hall–Kier alpha value is -2.10. The number of para-hydroxylation sites is 1. The quantitative estimate of drug-likeness (QED) is 0.832. The van der Waals surface area contributed by atoms with Gasteiger partial charge in [0.15, 0.2) is 11.9 Å². The first kappa shape index (κ1) is 11.0. The highest BCUT2D eigenvalue weighted by Crippen LogP contribution is 2.35. The van der Waals surface area contributed by atoms with E-state index in [1.165, 1.54) is 5.56 Å². The lowest BCUT2D eigenvalue weighted by molar-refractivity contribution is 0.227. The third kappa shape index (κ3) is 1.70. The number of hydrogen-bond donors (Lipinski definition) is 1. The predicted octanol–water partition coefficient (Wildman–Crippen LogP) is 2.35. The summed E-state index contributed by atoms with van der Waals surface area (Å²) < 4.78 is 5.86. The molecule has 92 valence electrons. The van der Waals surface area contributed by atoms with E-state index in [9.17, 15) is 0 Å². The average Bonchev–Trinajstić information content (AvgIpc) is 2.79. The standard InChI is InChI=1S/C14H15N3O/c1-8-9(2)16-14(17-13(8)15)12-7-10-5-3-4-6-11(10)18-12/h3-6,12H,7H2,1-2H3,(H2,15,16,17). The number of aromatic nitrogens is 2. The van der Waals surface area contributed by atoms with Crippen LogP contribution in [0.15, 0.2) is 24.3 Å². The molecule has 4 heteroatoms. The SMILES string of the molecule is Cc1nc(C2Cc3ccccc3O2)nc(N)c1C. The molecule has 1 aromatic carbocycles. The second-order valence-corrected chi connectivity index (χ2v) is 4.60. The van der Waals surface area contributed by atoms with E-state index in [-0.39, 0.29) is 6.10 Å². The zero-order valence-corrected chi connectivity index (χ0v) is 10.5. The van der Waals surface area contributed by atoms with Gasteiger partial charge in [-0.15, -0.1) is 0 Å². The number of ether oxygens (including phenoxy) is 1. The van der Waals surface area contributed by atoms with Gasteiger partial charge in [-0.3, -0.25) is 0 Å². The second-order valence-electron chi connectivity index (χ2n) is 4.60. The van der Waals surface area contributed by atoms with E-state index in [0.29, 0.717) is 11.6 Å². The normalized spacial score (nSPS) is 17.3. The number of fused-ring (bicyclic) bond motifs is 1. The molecule has 3 rings (SSSR count). The first-order valence-electron chi connectivity index (χ1n) is 6.00. The highest BCUT2D eigenvalue weighted by atomic mass is 16.5. The Kier molecular flexibility index (Phi) is 2.44. The molecule has 0 spiro atoms. The van der Waals surface area contributed by atoms with Crippen LogP contribution in [-0.2, 0) is 6.42 Å². The summed E-state index contributed by atoms with van der Waals surface area (Å²) in [4.78, 5) is 8.82. The molecule has 18 heavy (non-hydrogen) atoms. The van der Waals surface area contributed by atoms with Crippen LogP contribution in [0.1, 0.15) is 28.7 Å². The number of nitrogens with zero attached hydrogens (tertiary/aromatic N) is 2. The van der Waals surface area contributed by atoms with Crippen LogP contribution in [0.2, 0.25) is 0 Å². The summed E-state index contributed by atoms with van der Waals surface area (Å²) in [5.41, 5.74) is 8.94. The van der Waals surface area contributed by atoms with Crippen molar-refractivity contribution in [1.82, 2.24) is 9.97 Å². The lowest BCUT2D eigenvalue weighted by Gasteiger charge is -2.12. The smallest absolute Gasteiger partial charge is 0.172 e. The van der Waals surface area contributed by atoms with Crippen LogP contribution in [0, 0.1) is 13.8 Å². The molecule has 4 nitrogen and oxygen atoms in total. The number of nitrogen functional groups attached to an aromatic ring is 1. The van der Waals surface area contributed by atoms with Gasteiger partial charge in [0.05, 0.1) is 0 Å². The van der Waals surface area contributed by atoms with Gasteiger partial charge < -0.3 is 10.5 Å². The molecular formula is C14H15N3O. The van der Waals surface area contributed by atoms with Crippen molar-refractivity contribution in [2.75, 3.05) is 5.73 Å². The number of nitrogens with two attached hydrogens (primary N) is 1. The summed E-state index contributed by atoms with van der Waals surface area (Å²) in [6.07, 6.45) is 0.682. The predicted molar refractivity (Wildman–Crippen MR) is 69.4 cm³/mol. The van der Waals surface area contributed by atoms with E-state index in [4.69, 9.17) is 10.5 Å². The number of benzene rings is 1. The average molecular weight is 241 g/mol. The summed E-state index contributed by atoms with van der Waals surface area (Å²) in [6, 6.07) is 8.02. The molecule has 0 aliphatic carbocycles. The fraction of sp³-hybridized carbons (Fsp3) is 0.286. The van der Waals surface area contributed by atoms with Crippen molar-refractivity contribution in [3.8, 4) is 5.75 Å². The Morgan fingerprint density at radius 3 is 2.72 bits per heavy atom. The third-order valence-corrected chi connectivity index (χ3v) is 3.38. The number of rotatable bonds is 1. The van der Waals surface area contributed by atoms with Gasteiger partial charge in [-0.05, 0) is 25.5 Å². The maximum atomic E-state index is 5.89. The number of anilines is 1. The second kappa shape index (κ2) is 3.98. The first-order valence-corrected chi connectivity index (χ1v) is 6.00. The summed E-state index contributed by atoms with van der Waals surface area (Å²) in [5, 5.41) is 0. The zero-order chi connectivity index (χ0) is 12.7. The molecule has 1 aliphatic rings. The van der Waals surface area contributed by atoms with E-state index in [1.807, 2.05) is 32.0 Å². The molecule has 0 saturated carbocycles. The molecule has 1 aliphatic heterocycles. The molecule has 2 heterocycles. The summed E-state index contributed by atoms with van der Waals surface area (Å²) in [6.45, 7) is 3.87. The van der Waals surface area contributed by atoms with Gasteiger partial charge in [-0.25, -0.2) is 9.97 Å². The van der Waals surface area contributed by atoms with Gasteiger partial charge in [0.25, 0.3) is 0 Å². The van der Waals surface area contributed by atoms with Crippen molar-refractivity contribution in [3.05, 3.63) is 46.9 Å². The van der Waals surface area contributed by atoms with Crippen LogP contribution in [0.25, 0.3) is 0 Å². The van der Waals surface area contributed by atoms with E-state index in [2.05, 4.69) is 16.0 Å². The Morgan fingerprint density at radius 2 is 2.00 bits per heavy atom. The Balaban J connectivity index is 1.95. The maximum absolute atomic E-state index is 5.89. The van der Waals surface area contributed by atoms with Crippen LogP contribution >= 0.6 is 0 Å². The van der Waals surface area contributed by atoms with Crippen LogP contribution in [0.4, 0.5) is 5.82 Å². The van der Waals surface area contributed by atoms with Crippen molar-refractivity contribution < 1.29 is 4.74 Å². The Morgan fingerprint density at radius 1 is 1.22 bits per heavy atom. The number of hydrogen-bond acceptors (Lipinski definition) is 4. The fourth-order valence-corrected chi connectivity index (χ4v) is 2.14. The molecule has 1 unspecified atom stereocenters. The maximum Gasteiger partial charge on any atom is 0.172 e. The zero-order valence-electron chi connectivity index (χ0n) is 10.5. The minimum absolute atomic E-state index is 0.121. The summed E-state index contributed by atoms with van der Waals surface area (Å²) >= 11 is 0. The van der Waals surface area contributed by atoms with Gasteiger partial charge in [0.1, 0.15) is 11.6 Å². The van der Waals surface area contributed by atoms with Gasteiger partial charge in [-0.2, -0.15) is 0 Å². The number of aryl methyl sites for hydroxylation is 1. The molecule has 0 fully saturated rings. The van der Waals surface area contributed by atoms with Gasteiger partial charge in [-0.1, -0.05) is 18.2 Å². The lowest BCUT2D eigenvalue weighted by Crippen LogP contribution is -2.12. The molecule has 2 aromatic rings. The molecule has 0 bridgehead atoms. The summed E-state index contributed by atoms with van der Waals surface area (Å²) in [7, 11) is 0. The van der Waals surface area contributed by atoms with Crippen LogP contribution < -0.4 is 10.5 Å². The Labute approximate surface area is 106 Å². The van der Waals surface area contributed by atoms with E-state index >= 15 is 0 Å². The highest BCUT2D eigenvalue weighted by Gasteiger charge is 2.26. The van der Waals surface area contributed by atoms with E-state index in [1.54, 1.807) is 0 Å². The van der Waals surface area contributed by atoms with Gasteiger partial charge in [0, 0.05) is 17.7 Å². The monoisotopic (exact) mass is 241 g/mol. The van der Waals surface area contributed by atoms with E-state index in [0.717, 1.165) is 23.4 Å². The van der Waals surface area contributed by atoms with Gasteiger partial charge in [0.2, 0.25) is 0 Å². The lowest BCUT2D eigenvalue weighted by atomic mass is 10.1. The van der Waals surface area contributed by atoms with Crippen LogP contribution in [0.3, 0.4) is 0 Å². The van der Waals surface area contributed by atoms with Crippen molar-refractivity contribution in [2.24, 2.45) is 0 Å².